The fourth-order valence-electron chi connectivity index (χ4n) is 1.39. The summed E-state index contributed by atoms with van der Waals surface area (Å²) in [5, 5.41) is 7.57. The summed E-state index contributed by atoms with van der Waals surface area (Å²) in [5.74, 6) is 1.35. The molecule has 0 aliphatic rings. The molecule has 6 heteroatoms. The molecular weight excluding hydrogens is 262 g/mol. The summed E-state index contributed by atoms with van der Waals surface area (Å²) < 4.78 is 10.4. The highest BCUT2D eigenvalue weighted by Gasteiger charge is 2.03. The van der Waals surface area contributed by atoms with Gasteiger partial charge in [-0.3, -0.25) is 5.43 Å². The molecule has 1 aromatic rings. The molecule has 0 heterocycles. The van der Waals surface area contributed by atoms with Crippen molar-refractivity contribution in [3.05, 3.63) is 23.8 Å². The van der Waals surface area contributed by atoms with Crippen molar-refractivity contribution in [2.24, 2.45) is 5.10 Å². The maximum Gasteiger partial charge on any atom is 0.187 e. The van der Waals surface area contributed by atoms with Crippen LogP contribution in [0.4, 0.5) is 0 Å². The Morgan fingerprint density at radius 3 is 2.53 bits per heavy atom. The van der Waals surface area contributed by atoms with Gasteiger partial charge in [0.15, 0.2) is 16.6 Å². The standard InChI is InChI=1S/C13H19N3O2S/c1-9(2)15-13(19)16-14-8-10-5-6-11(17-3)12(7-10)18-4/h5-9H,1-4H3,(H2,15,16,19)/b14-8-. The third-order valence-electron chi connectivity index (χ3n) is 2.21. The number of nitrogens with one attached hydrogen (secondary N) is 2. The third-order valence-corrected chi connectivity index (χ3v) is 2.42. The lowest BCUT2D eigenvalue weighted by atomic mass is 10.2. The lowest BCUT2D eigenvalue weighted by molar-refractivity contribution is 0.355. The number of hydrogen-bond acceptors (Lipinski definition) is 4. The molecule has 0 amide bonds. The monoisotopic (exact) mass is 281 g/mol. The maximum atomic E-state index is 5.21. The van der Waals surface area contributed by atoms with Crippen LogP contribution in [-0.4, -0.2) is 31.6 Å². The van der Waals surface area contributed by atoms with E-state index in [2.05, 4.69) is 15.8 Å². The van der Waals surface area contributed by atoms with Gasteiger partial charge in [0.05, 0.1) is 20.4 Å². The number of methoxy groups -OCH3 is 2. The molecule has 104 valence electrons. The van der Waals surface area contributed by atoms with Crippen molar-refractivity contribution in [2.45, 2.75) is 19.9 Å². The predicted octanol–water partition coefficient (Wildman–Crippen LogP) is 1.91. The van der Waals surface area contributed by atoms with Crippen LogP contribution < -0.4 is 20.2 Å². The molecule has 1 aromatic carbocycles. The van der Waals surface area contributed by atoms with Gasteiger partial charge in [-0.15, -0.1) is 0 Å². The molecule has 0 aliphatic heterocycles. The highest BCUT2D eigenvalue weighted by molar-refractivity contribution is 7.80. The first kappa shape index (κ1) is 15.2. The molecule has 0 bridgehead atoms. The zero-order valence-electron chi connectivity index (χ0n) is 11.6. The second-order valence-corrected chi connectivity index (χ2v) is 4.52. The topological polar surface area (TPSA) is 54.9 Å². The Labute approximate surface area is 119 Å². The van der Waals surface area contributed by atoms with Crippen molar-refractivity contribution in [3.8, 4) is 11.5 Å². The fraction of sp³-hybridized carbons (Fsp3) is 0.385. The van der Waals surface area contributed by atoms with Crippen LogP contribution in [-0.2, 0) is 0 Å². The number of benzene rings is 1. The number of hydrazone groups is 1. The van der Waals surface area contributed by atoms with Crippen LogP contribution in [0.5, 0.6) is 11.5 Å². The molecule has 0 aliphatic carbocycles. The summed E-state index contributed by atoms with van der Waals surface area (Å²) in [6.45, 7) is 4.01. The first-order chi connectivity index (χ1) is 9.06. The molecule has 19 heavy (non-hydrogen) atoms. The van der Waals surface area contributed by atoms with Gasteiger partial charge >= 0.3 is 0 Å². The van der Waals surface area contributed by atoms with Crippen molar-refractivity contribution < 1.29 is 9.47 Å². The van der Waals surface area contributed by atoms with Crippen LogP contribution in [0, 0.1) is 0 Å². The molecule has 0 fully saturated rings. The van der Waals surface area contributed by atoms with Gasteiger partial charge in [-0.25, -0.2) is 0 Å². The van der Waals surface area contributed by atoms with Crippen molar-refractivity contribution >= 4 is 23.5 Å². The van der Waals surface area contributed by atoms with Gasteiger partial charge < -0.3 is 14.8 Å². The minimum atomic E-state index is 0.274. The Bertz CT molecular complexity index is 461. The molecule has 0 atom stereocenters. The first-order valence-corrected chi connectivity index (χ1v) is 6.29. The van der Waals surface area contributed by atoms with E-state index in [0.717, 1.165) is 5.56 Å². The number of hydrogen-bond donors (Lipinski definition) is 2. The summed E-state index contributed by atoms with van der Waals surface area (Å²) in [6.07, 6.45) is 1.66. The van der Waals surface area contributed by atoms with Crippen LogP contribution in [0.3, 0.4) is 0 Å². The Kier molecular flexibility index (Phi) is 6.08. The van der Waals surface area contributed by atoms with Crippen LogP contribution >= 0.6 is 12.2 Å². The summed E-state index contributed by atoms with van der Waals surface area (Å²) in [4.78, 5) is 0. The lowest BCUT2D eigenvalue weighted by Crippen LogP contribution is -2.36. The fourth-order valence-corrected chi connectivity index (χ4v) is 1.68. The molecular formula is C13H19N3O2S. The van der Waals surface area contributed by atoms with Gasteiger partial charge in [-0.05, 0) is 49.8 Å². The first-order valence-electron chi connectivity index (χ1n) is 5.88. The minimum Gasteiger partial charge on any atom is -0.493 e. The quantitative estimate of drug-likeness (QED) is 0.490. The second kappa shape index (κ2) is 7.58. The second-order valence-electron chi connectivity index (χ2n) is 4.11. The van der Waals surface area contributed by atoms with Crippen molar-refractivity contribution in [1.82, 2.24) is 10.7 Å². The van der Waals surface area contributed by atoms with Gasteiger partial charge in [0.2, 0.25) is 0 Å². The summed E-state index contributed by atoms with van der Waals surface area (Å²) in [6, 6.07) is 5.82. The molecule has 0 unspecified atom stereocenters. The summed E-state index contributed by atoms with van der Waals surface area (Å²) in [5.41, 5.74) is 3.63. The molecule has 1 rings (SSSR count). The maximum absolute atomic E-state index is 5.21. The van der Waals surface area contributed by atoms with E-state index in [1.807, 2.05) is 32.0 Å². The van der Waals surface area contributed by atoms with E-state index in [1.54, 1.807) is 20.4 Å². The van der Waals surface area contributed by atoms with E-state index in [-0.39, 0.29) is 6.04 Å². The van der Waals surface area contributed by atoms with Gasteiger partial charge in [-0.2, -0.15) is 5.10 Å². The van der Waals surface area contributed by atoms with Crippen LogP contribution in [0.2, 0.25) is 0 Å². The molecule has 2 N–H and O–H groups in total. The van der Waals surface area contributed by atoms with Crippen LogP contribution in [0.25, 0.3) is 0 Å². The predicted molar refractivity (Wildman–Crippen MR) is 81.1 cm³/mol. The lowest BCUT2D eigenvalue weighted by Gasteiger charge is -2.09. The van der Waals surface area contributed by atoms with Gasteiger partial charge in [-0.1, -0.05) is 0 Å². The summed E-state index contributed by atoms with van der Waals surface area (Å²) in [7, 11) is 3.20. The van der Waals surface area contributed by atoms with Crippen LogP contribution in [0.15, 0.2) is 23.3 Å². The van der Waals surface area contributed by atoms with E-state index in [4.69, 9.17) is 21.7 Å². The molecule has 0 radical (unpaired) electrons. The Morgan fingerprint density at radius 1 is 1.26 bits per heavy atom. The smallest absolute Gasteiger partial charge is 0.187 e. The van der Waals surface area contributed by atoms with E-state index >= 15 is 0 Å². The molecule has 0 spiro atoms. The number of ether oxygens (including phenoxy) is 2. The minimum absolute atomic E-state index is 0.274. The number of rotatable bonds is 5. The Balaban J connectivity index is 2.64. The summed E-state index contributed by atoms with van der Waals surface area (Å²) >= 11 is 5.05. The number of nitrogens with zero attached hydrogens (tertiary/aromatic N) is 1. The average Bonchev–Trinajstić information content (AvgIpc) is 2.37. The SMILES string of the molecule is COc1ccc(/C=N\NC(=S)NC(C)C)cc1OC. The number of thiocarbonyl (C=S) groups is 1. The zero-order chi connectivity index (χ0) is 14.3. The highest BCUT2D eigenvalue weighted by atomic mass is 32.1. The zero-order valence-corrected chi connectivity index (χ0v) is 12.4. The van der Waals surface area contributed by atoms with Crippen molar-refractivity contribution in [1.29, 1.82) is 0 Å². The van der Waals surface area contributed by atoms with E-state index in [0.29, 0.717) is 16.6 Å². The van der Waals surface area contributed by atoms with Gasteiger partial charge in [0.1, 0.15) is 0 Å². The third kappa shape index (κ3) is 5.13. The normalized spacial score (nSPS) is 10.6. The Morgan fingerprint density at radius 2 is 1.95 bits per heavy atom. The van der Waals surface area contributed by atoms with E-state index in [9.17, 15) is 0 Å². The molecule has 0 saturated heterocycles. The van der Waals surface area contributed by atoms with Crippen molar-refractivity contribution in [2.75, 3.05) is 14.2 Å². The van der Waals surface area contributed by atoms with E-state index < -0.39 is 0 Å². The van der Waals surface area contributed by atoms with Crippen molar-refractivity contribution in [3.63, 3.8) is 0 Å². The molecule has 0 aromatic heterocycles. The molecule has 0 saturated carbocycles. The average molecular weight is 281 g/mol. The Hall–Kier alpha value is -1.82. The highest BCUT2D eigenvalue weighted by Crippen LogP contribution is 2.26. The van der Waals surface area contributed by atoms with E-state index in [1.165, 1.54) is 0 Å². The van der Waals surface area contributed by atoms with Crippen LogP contribution in [0.1, 0.15) is 19.4 Å². The molecule has 5 nitrogen and oxygen atoms in total. The van der Waals surface area contributed by atoms with Gasteiger partial charge in [0.25, 0.3) is 0 Å². The largest absolute Gasteiger partial charge is 0.493 e. The van der Waals surface area contributed by atoms with Gasteiger partial charge in [0, 0.05) is 6.04 Å².